The topological polar surface area (TPSA) is 79.2 Å². The predicted octanol–water partition coefficient (Wildman–Crippen LogP) is 3.13. The number of amides is 1. The molecule has 0 spiro atoms. The second-order valence-electron chi connectivity index (χ2n) is 9.52. The van der Waals surface area contributed by atoms with Crippen LogP contribution >= 0.6 is 0 Å². The zero-order valence-corrected chi connectivity index (χ0v) is 18.1. The van der Waals surface area contributed by atoms with Crippen LogP contribution in [-0.4, -0.2) is 66.5 Å². The van der Waals surface area contributed by atoms with Crippen molar-refractivity contribution in [1.29, 1.82) is 0 Å². The van der Waals surface area contributed by atoms with Crippen LogP contribution in [-0.2, 0) is 9.16 Å². The largest absolute Gasteiger partial charge is 0.444 e. The zero-order chi connectivity index (χ0) is 19.6. The monoisotopic (exact) mass is 375 g/mol. The summed E-state index contributed by atoms with van der Waals surface area (Å²) in [6.07, 6.45) is -0.544. The van der Waals surface area contributed by atoms with E-state index >= 15 is 0 Å². The van der Waals surface area contributed by atoms with Gasteiger partial charge in [0.2, 0.25) is 0 Å². The van der Waals surface area contributed by atoms with Gasteiger partial charge in [-0.2, -0.15) is 0 Å². The highest BCUT2D eigenvalue weighted by Crippen LogP contribution is 2.39. The van der Waals surface area contributed by atoms with E-state index in [9.17, 15) is 9.90 Å². The third-order valence-electron chi connectivity index (χ3n) is 5.07. The number of carbonyl (C=O) groups excluding carboxylic acids is 1. The van der Waals surface area contributed by atoms with E-state index in [0.717, 1.165) is 0 Å². The first-order valence-corrected chi connectivity index (χ1v) is 12.0. The number of aliphatic hydroxyl groups is 2. The average Bonchev–Trinajstić information content (AvgIpc) is 2.79. The smallest absolute Gasteiger partial charge is 0.410 e. The Labute approximate surface area is 153 Å². The number of likely N-dealkylation sites (tertiary alicyclic amines) is 1. The average molecular weight is 376 g/mol. The Bertz CT molecular complexity index is 455. The van der Waals surface area contributed by atoms with Crippen molar-refractivity contribution in [2.24, 2.45) is 0 Å². The van der Waals surface area contributed by atoms with E-state index in [-0.39, 0.29) is 24.2 Å². The third-order valence-corrected chi connectivity index (χ3v) is 9.60. The molecule has 1 saturated heterocycles. The number of hydrogen-bond donors (Lipinski definition) is 2. The Morgan fingerprint density at radius 1 is 1.24 bits per heavy atom. The lowest BCUT2D eigenvalue weighted by Gasteiger charge is -2.38. The molecule has 2 unspecified atom stereocenters. The summed E-state index contributed by atoms with van der Waals surface area (Å²) >= 11 is 0. The van der Waals surface area contributed by atoms with Gasteiger partial charge in [0.25, 0.3) is 0 Å². The molecule has 1 fully saturated rings. The molecule has 7 heteroatoms. The van der Waals surface area contributed by atoms with E-state index in [1.165, 1.54) is 0 Å². The second kappa shape index (κ2) is 7.94. The van der Waals surface area contributed by atoms with Crippen LogP contribution in [0, 0.1) is 0 Å². The van der Waals surface area contributed by atoms with E-state index in [4.69, 9.17) is 14.3 Å². The van der Waals surface area contributed by atoms with Crippen molar-refractivity contribution in [1.82, 2.24) is 4.90 Å². The molecule has 0 bridgehead atoms. The molecule has 1 amide bonds. The number of nitrogens with zero attached hydrogens (tertiary/aromatic N) is 1. The predicted molar refractivity (Wildman–Crippen MR) is 101 cm³/mol. The first kappa shape index (κ1) is 22.4. The Hall–Kier alpha value is -0.633. The Balaban J connectivity index is 2.92. The van der Waals surface area contributed by atoms with Crippen LogP contribution in [0.15, 0.2) is 0 Å². The van der Waals surface area contributed by atoms with Crippen molar-refractivity contribution in [3.05, 3.63) is 0 Å². The lowest BCUT2D eigenvalue weighted by molar-refractivity contribution is 0.000847. The highest BCUT2D eigenvalue weighted by molar-refractivity contribution is 6.74. The van der Waals surface area contributed by atoms with Gasteiger partial charge in [-0.15, -0.1) is 0 Å². The van der Waals surface area contributed by atoms with Crippen LogP contribution < -0.4 is 0 Å². The summed E-state index contributed by atoms with van der Waals surface area (Å²) in [4.78, 5) is 14.1. The summed E-state index contributed by atoms with van der Waals surface area (Å²) in [5.74, 6) is 0. The van der Waals surface area contributed by atoms with Crippen molar-refractivity contribution in [3.63, 3.8) is 0 Å². The van der Waals surface area contributed by atoms with E-state index in [1.54, 1.807) is 4.90 Å². The number of carbonyl (C=O) groups is 1. The number of hydrogen-bond acceptors (Lipinski definition) is 5. The fourth-order valence-electron chi connectivity index (χ4n) is 2.72. The number of aliphatic hydroxyl groups excluding tert-OH is 2. The van der Waals surface area contributed by atoms with Crippen molar-refractivity contribution < 1.29 is 24.2 Å². The molecular weight excluding hydrogens is 338 g/mol. The quantitative estimate of drug-likeness (QED) is 0.722. The van der Waals surface area contributed by atoms with E-state index in [0.29, 0.717) is 13.0 Å². The number of ether oxygens (including phenoxy) is 1. The molecule has 0 aromatic rings. The number of rotatable bonds is 5. The zero-order valence-electron chi connectivity index (χ0n) is 17.1. The molecule has 0 saturated carbocycles. The van der Waals surface area contributed by atoms with Gasteiger partial charge in [-0.25, -0.2) is 4.79 Å². The summed E-state index contributed by atoms with van der Waals surface area (Å²) in [6.45, 7) is 16.7. The summed E-state index contributed by atoms with van der Waals surface area (Å²) in [5, 5.41) is 19.6. The van der Waals surface area contributed by atoms with Gasteiger partial charge in [0.15, 0.2) is 8.32 Å². The molecule has 0 radical (unpaired) electrons. The van der Waals surface area contributed by atoms with Crippen LogP contribution in [0.2, 0.25) is 18.1 Å². The molecule has 6 nitrogen and oxygen atoms in total. The summed E-state index contributed by atoms with van der Waals surface area (Å²) in [6, 6.07) is -0.392. The van der Waals surface area contributed by atoms with Gasteiger partial charge in [0.1, 0.15) is 5.60 Å². The molecule has 0 aliphatic carbocycles. The normalized spacial score (nSPS) is 23.7. The minimum Gasteiger partial charge on any atom is -0.444 e. The van der Waals surface area contributed by atoms with Gasteiger partial charge in [0.05, 0.1) is 18.2 Å². The maximum Gasteiger partial charge on any atom is 0.410 e. The fraction of sp³-hybridized carbons (Fsp3) is 0.944. The molecule has 1 heterocycles. The van der Waals surface area contributed by atoms with Gasteiger partial charge in [0, 0.05) is 13.2 Å². The van der Waals surface area contributed by atoms with Gasteiger partial charge >= 0.3 is 6.09 Å². The highest BCUT2D eigenvalue weighted by Gasteiger charge is 2.46. The van der Waals surface area contributed by atoms with E-state index in [2.05, 4.69) is 33.9 Å². The van der Waals surface area contributed by atoms with E-state index in [1.807, 2.05) is 20.8 Å². The molecule has 1 rings (SSSR count). The Morgan fingerprint density at radius 3 is 2.24 bits per heavy atom. The molecule has 25 heavy (non-hydrogen) atoms. The molecule has 0 aromatic carbocycles. The molecule has 148 valence electrons. The van der Waals surface area contributed by atoms with E-state index < -0.39 is 32.2 Å². The highest BCUT2D eigenvalue weighted by atomic mass is 28.4. The van der Waals surface area contributed by atoms with Crippen LogP contribution in [0.25, 0.3) is 0 Å². The lowest BCUT2D eigenvalue weighted by atomic mass is 10.1. The summed E-state index contributed by atoms with van der Waals surface area (Å²) < 4.78 is 11.9. The molecular formula is C18H37NO5Si. The van der Waals surface area contributed by atoms with Gasteiger partial charge in [-0.3, -0.25) is 4.90 Å². The standard InChI is InChI=1S/C18H37NO5Si/c1-17(2,3)23-16(22)19-12-13(11-14(19)15(21)9-10-20)24-25(7,8)18(4,5)6/h13-15,20-21H,9-12H2,1-8H3/t13?,14?,15-/m0/s1. The second-order valence-corrected chi connectivity index (χ2v) is 14.3. The summed E-state index contributed by atoms with van der Waals surface area (Å²) in [5.41, 5.74) is -0.595. The Kier molecular flexibility index (Phi) is 7.12. The van der Waals surface area contributed by atoms with Crippen molar-refractivity contribution >= 4 is 14.4 Å². The van der Waals surface area contributed by atoms with Gasteiger partial charge in [-0.1, -0.05) is 20.8 Å². The SMILES string of the molecule is CC(C)(C)OC(=O)N1CC(O[Si](C)(C)C(C)(C)C)CC1[C@@H](O)CCO. The van der Waals surface area contributed by atoms with Crippen molar-refractivity contribution in [2.75, 3.05) is 13.2 Å². The Morgan fingerprint density at radius 2 is 1.80 bits per heavy atom. The van der Waals surface area contributed by atoms with Crippen molar-refractivity contribution in [2.45, 2.75) is 96.4 Å². The third kappa shape index (κ3) is 6.23. The van der Waals surface area contributed by atoms with Gasteiger partial charge < -0.3 is 19.4 Å². The van der Waals surface area contributed by atoms with Gasteiger partial charge in [-0.05, 0) is 51.7 Å². The van der Waals surface area contributed by atoms with Crippen LogP contribution in [0.5, 0.6) is 0 Å². The summed E-state index contributed by atoms with van der Waals surface area (Å²) in [7, 11) is -1.97. The fourth-order valence-corrected chi connectivity index (χ4v) is 4.08. The van der Waals surface area contributed by atoms with Crippen molar-refractivity contribution in [3.8, 4) is 0 Å². The first-order chi connectivity index (χ1) is 11.2. The minimum atomic E-state index is -1.97. The molecule has 2 N–H and O–H groups in total. The molecule has 1 aliphatic heterocycles. The minimum absolute atomic E-state index is 0.0750. The lowest BCUT2D eigenvalue weighted by Crippen LogP contribution is -2.46. The first-order valence-electron chi connectivity index (χ1n) is 9.14. The molecule has 1 aliphatic rings. The maximum atomic E-state index is 12.6. The van der Waals surface area contributed by atoms with Crippen LogP contribution in [0.4, 0.5) is 4.79 Å². The van der Waals surface area contributed by atoms with Crippen LogP contribution in [0.3, 0.4) is 0 Å². The molecule has 0 aromatic heterocycles. The van der Waals surface area contributed by atoms with Crippen LogP contribution in [0.1, 0.15) is 54.4 Å². The maximum absolute atomic E-state index is 12.6. The molecule has 3 atom stereocenters.